The zero-order chi connectivity index (χ0) is 12.1. The number of rotatable bonds is 5. The predicted molar refractivity (Wildman–Crippen MR) is 76.1 cm³/mol. The van der Waals surface area contributed by atoms with Gasteiger partial charge in [0.25, 0.3) is 0 Å². The van der Waals surface area contributed by atoms with Gasteiger partial charge in [0.1, 0.15) is 5.82 Å². The Kier molecular flexibility index (Phi) is 5.31. The number of nitrogen functional groups attached to an aromatic ring is 1. The smallest absolute Gasteiger partial charge is 0.138 e. The number of hydrogen-bond donors (Lipinski definition) is 2. The Morgan fingerprint density at radius 1 is 1.38 bits per heavy atom. The molecule has 0 heterocycles. The summed E-state index contributed by atoms with van der Waals surface area (Å²) in [6, 6.07) is 3.13. The quantitative estimate of drug-likeness (QED) is 0.633. The fraction of sp³-hybridized carbons (Fsp3) is 0.500. The lowest BCUT2D eigenvalue weighted by Gasteiger charge is -2.16. The summed E-state index contributed by atoms with van der Waals surface area (Å²) in [5.41, 5.74) is 7.13. The number of hydrogen-bond acceptors (Lipinski definition) is 2. The Morgan fingerprint density at radius 2 is 2.00 bits per heavy atom. The van der Waals surface area contributed by atoms with Crippen molar-refractivity contribution in [3.63, 3.8) is 0 Å². The average molecular weight is 336 g/mol. The molecule has 0 aliphatic carbocycles. The third-order valence-corrected chi connectivity index (χ3v) is 3.66. The highest BCUT2D eigenvalue weighted by Crippen LogP contribution is 2.24. The van der Waals surface area contributed by atoms with Crippen LogP contribution in [0.2, 0.25) is 0 Å². The minimum Gasteiger partial charge on any atom is -0.397 e. The van der Waals surface area contributed by atoms with Crippen molar-refractivity contribution < 1.29 is 4.39 Å². The van der Waals surface area contributed by atoms with Crippen LogP contribution in [0.15, 0.2) is 12.1 Å². The number of anilines is 2. The van der Waals surface area contributed by atoms with Gasteiger partial charge in [-0.3, -0.25) is 0 Å². The van der Waals surface area contributed by atoms with E-state index in [1.807, 2.05) is 22.6 Å². The van der Waals surface area contributed by atoms with Crippen LogP contribution in [0.3, 0.4) is 0 Å². The standard InChI is InChI=1S/C12H18FIN2/c1-3-8(4-2)7-16-12-5-9(13)10(14)6-11(12)15/h5-6,8,16H,3-4,7,15H2,1-2H3. The summed E-state index contributed by atoms with van der Waals surface area (Å²) < 4.78 is 13.9. The highest BCUT2D eigenvalue weighted by Gasteiger charge is 2.08. The number of halogens is 2. The summed E-state index contributed by atoms with van der Waals surface area (Å²) >= 11 is 1.94. The van der Waals surface area contributed by atoms with Gasteiger partial charge in [-0.1, -0.05) is 26.7 Å². The fourth-order valence-corrected chi connectivity index (χ4v) is 2.04. The molecule has 0 saturated heterocycles. The van der Waals surface area contributed by atoms with Gasteiger partial charge in [0, 0.05) is 12.6 Å². The third kappa shape index (κ3) is 3.50. The molecule has 1 rings (SSSR count). The molecule has 2 nitrogen and oxygen atoms in total. The molecule has 0 spiro atoms. The van der Waals surface area contributed by atoms with Gasteiger partial charge in [0.2, 0.25) is 0 Å². The molecule has 1 aromatic carbocycles. The zero-order valence-corrected chi connectivity index (χ0v) is 11.8. The number of benzene rings is 1. The topological polar surface area (TPSA) is 38.0 Å². The maximum atomic E-state index is 13.3. The monoisotopic (exact) mass is 336 g/mol. The largest absolute Gasteiger partial charge is 0.397 e. The van der Waals surface area contributed by atoms with Crippen LogP contribution >= 0.6 is 22.6 Å². The average Bonchev–Trinajstić information content (AvgIpc) is 2.26. The van der Waals surface area contributed by atoms with E-state index in [1.54, 1.807) is 6.07 Å². The Morgan fingerprint density at radius 3 is 2.56 bits per heavy atom. The van der Waals surface area contributed by atoms with Crippen LogP contribution in [0.1, 0.15) is 26.7 Å². The van der Waals surface area contributed by atoms with Crippen molar-refractivity contribution >= 4 is 34.0 Å². The van der Waals surface area contributed by atoms with Gasteiger partial charge in [-0.2, -0.15) is 0 Å². The summed E-state index contributed by atoms with van der Waals surface area (Å²) in [5, 5.41) is 3.21. The molecule has 0 bridgehead atoms. The van der Waals surface area contributed by atoms with Crippen molar-refractivity contribution in [2.45, 2.75) is 26.7 Å². The molecule has 0 fully saturated rings. The molecule has 0 aliphatic rings. The first kappa shape index (κ1) is 13.5. The first-order valence-corrected chi connectivity index (χ1v) is 6.64. The van der Waals surface area contributed by atoms with Crippen LogP contribution in [-0.4, -0.2) is 6.54 Å². The van der Waals surface area contributed by atoms with Crippen LogP contribution in [-0.2, 0) is 0 Å². The van der Waals surface area contributed by atoms with E-state index in [1.165, 1.54) is 6.07 Å². The van der Waals surface area contributed by atoms with Gasteiger partial charge in [0.05, 0.1) is 14.9 Å². The van der Waals surface area contributed by atoms with E-state index in [2.05, 4.69) is 19.2 Å². The molecule has 0 amide bonds. The third-order valence-electron chi connectivity index (χ3n) is 2.83. The normalized spacial score (nSPS) is 10.8. The highest BCUT2D eigenvalue weighted by molar-refractivity contribution is 14.1. The molecule has 0 atom stereocenters. The summed E-state index contributed by atoms with van der Waals surface area (Å²) in [5.74, 6) is 0.392. The van der Waals surface area contributed by atoms with E-state index < -0.39 is 0 Å². The summed E-state index contributed by atoms with van der Waals surface area (Å²) in [4.78, 5) is 0. The Balaban J connectivity index is 2.70. The van der Waals surface area contributed by atoms with Crippen LogP contribution in [0.5, 0.6) is 0 Å². The second-order valence-electron chi connectivity index (χ2n) is 3.92. The lowest BCUT2D eigenvalue weighted by Crippen LogP contribution is -2.14. The fourth-order valence-electron chi connectivity index (χ4n) is 1.55. The molecule has 0 aliphatic heterocycles. The van der Waals surface area contributed by atoms with E-state index >= 15 is 0 Å². The maximum Gasteiger partial charge on any atom is 0.138 e. The molecule has 0 radical (unpaired) electrons. The van der Waals surface area contributed by atoms with Crippen molar-refractivity contribution in [3.05, 3.63) is 21.5 Å². The molecule has 4 heteroatoms. The van der Waals surface area contributed by atoms with E-state index in [0.29, 0.717) is 20.9 Å². The lowest BCUT2D eigenvalue weighted by molar-refractivity contribution is 0.519. The zero-order valence-electron chi connectivity index (χ0n) is 9.69. The Hall–Kier alpha value is -0.520. The molecule has 0 unspecified atom stereocenters. The highest BCUT2D eigenvalue weighted by atomic mass is 127. The minimum atomic E-state index is -0.221. The molecular formula is C12H18FIN2. The van der Waals surface area contributed by atoms with Crippen molar-refractivity contribution in [1.29, 1.82) is 0 Å². The van der Waals surface area contributed by atoms with Crippen molar-refractivity contribution in [1.82, 2.24) is 0 Å². The van der Waals surface area contributed by atoms with Crippen LogP contribution in [0.4, 0.5) is 15.8 Å². The second-order valence-corrected chi connectivity index (χ2v) is 5.08. The van der Waals surface area contributed by atoms with Gasteiger partial charge in [-0.25, -0.2) is 4.39 Å². The van der Waals surface area contributed by atoms with Gasteiger partial charge >= 0.3 is 0 Å². The van der Waals surface area contributed by atoms with Crippen LogP contribution in [0, 0.1) is 15.3 Å². The van der Waals surface area contributed by atoms with E-state index in [0.717, 1.165) is 19.4 Å². The van der Waals surface area contributed by atoms with E-state index in [4.69, 9.17) is 5.73 Å². The first-order chi connectivity index (χ1) is 7.58. The van der Waals surface area contributed by atoms with E-state index in [-0.39, 0.29) is 5.82 Å². The molecule has 3 N–H and O–H groups in total. The second kappa shape index (κ2) is 6.27. The Bertz CT molecular complexity index is 351. The predicted octanol–water partition coefficient (Wildman–Crippen LogP) is 3.86. The first-order valence-electron chi connectivity index (χ1n) is 5.56. The molecule has 16 heavy (non-hydrogen) atoms. The summed E-state index contributed by atoms with van der Waals surface area (Å²) in [7, 11) is 0. The maximum absolute atomic E-state index is 13.3. The van der Waals surface area contributed by atoms with E-state index in [9.17, 15) is 4.39 Å². The molecule has 0 saturated carbocycles. The van der Waals surface area contributed by atoms with Crippen molar-refractivity contribution in [3.8, 4) is 0 Å². The van der Waals surface area contributed by atoms with Gasteiger partial charge < -0.3 is 11.1 Å². The molecule has 0 aromatic heterocycles. The SMILES string of the molecule is CCC(CC)CNc1cc(F)c(I)cc1N. The van der Waals surface area contributed by atoms with Crippen LogP contribution in [0.25, 0.3) is 0 Å². The molecular weight excluding hydrogens is 318 g/mol. The van der Waals surface area contributed by atoms with Crippen molar-refractivity contribution in [2.75, 3.05) is 17.6 Å². The molecule has 90 valence electrons. The van der Waals surface area contributed by atoms with Crippen LogP contribution < -0.4 is 11.1 Å². The number of nitrogens with two attached hydrogens (primary N) is 1. The Labute approximate surface area is 110 Å². The number of nitrogens with one attached hydrogen (secondary N) is 1. The molecule has 1 aromatic rings. The van der Waals surface area contributed by atoms with Gasteiger partial charge in [0.15, 0.2) is 0 Å². The lowest BCUT2D eigenvalue weighted by atomic mass is 10.0. The van der Waals surface area contributed by atoms with Crippen molar-refractivity contribution in [2.24, 2.45) is 5.92 Å². The van der Waals surface area contributed by atoms with Gasteiger partial charge in [-0.15, -0.1) is 0 Å². The summed E-state index contributed by atoms with van der Waals surface area (Å²) in [6.07, 6.45) is 2.24. The minimum absolute atomic E-state index is 0.221. The van der Waals surface area contributed by atoms with Gasteiger partial charge in [-0.05, 0) is 34.6 Å². The summed E-state index contributed by atoms with van der Waals surface area (Å²) in [6.45, 7) is 5.17.